The SMILES string of the molecule is Cc1ccc(C)c2sc(N(CCCN(C)C)C(=O)C34CC5CC(CC(C5)C3)C4)nc12.Cl. The summed E-state index contributed by atoms with van der Waals surface area (Å²) in [5, 5.41) is 0.918. The van der Waals surface area contributed by atoms with Crippen molar-refractivity contribution in [1.82, 2.24) is 9.88 Å². The molecule has 6 rings (SSSR count). The van der Waals surface area contributed by atoms with Crippen molar-refractivity contribution < 1.29 is 4.79 Å². The average molecular weight is 462 g/mol. The van der Waals surface area contributed by atoms with Crippen molar-refractivity contribution in [3.05, 3.63) is 23.3 Å². The van der Waals surface area contributed by atoms with Crippen LogP contribution in [-0.4, -0.2) is 43.0 Å². The molecule has 4 bridgehead atoms. The predicted molar refractivity (Wildman–Crippen MR) is 132 cm³/mol. The van der Waals surface area contributed by atoms with Crippen molar-refractivity contribution in [1.29, 1.82) is 0 Å². The van der Waals surface area contributed by atoms with E-state index in [0.717, 1.165) is 67.2 Å². The summed E-state index contributed by atoms with van der Waals surface area (Å²) in [7, 11) is 4.21. The summed E-state index contributed by atoms with van der Waals surface area (Å²) in [6.07, 6.45) is 8.44. The molecule has 4 aliphatic carbocycles. The fourth-order valence-corrected chi connectivity index (χ4v) is 7.99. The topological polar surface area (TPSA) is 36.4 Å². The Kier molecular flexibility index (Phi) is 6.41. The van der Waals surface area contributed by atoms with Gasteiger partial charge >= 0.3 is 0 Å². The Hall–Kier alpha value is -1.17. The van der Waals surface area contributed by atoms with Crippen molar-refractivity contribution in [2.75, 3.05) is 32.1 Å². The number of hydrogen-bond donors (Lipinski definition) is 0. The summed E-state index contributed by atoms with van der Waals surface area (Å²) in [6, 6.07) is 4.33. The summed E-state index contributed by atoms with van der Waals surface area (Å²) >= 11 is 1.72. The molecule has 0 saturated heterocycles. The standard InChI is InChI=1S/C25H35N3OS.ClH/c1-16-6-7-17(2)22-21(16)26-24(30-22)28(9-5-8-27(3)4)23(29)25-13-18-10-19(14-25)12-20(11-18)15-25;/h6-7,18-20H,5,8-15H2,1-4H3;1H. The Morgan fingerprint density at radius 3 is 2.16 bits per heavy atom. The Balaban J connectivity index is 0.00000231. The molecule has 4 aliphatic rings. The Morgan fingerprint density at radius 1 is 1.03 bits per heavy atom. The van der Waals surface area contributed by atoms with Crippen LogP contribution in [0.5, 0.6) is 0 Å². The molecule has 0 aliphatic heterocycles. The normalized spacial score (nSPS) is 28.9. The lowest BCUT2D eigenvalue weighted by Crippen LogP contribution is -2.55. The van der Waals surface area contributed by atoms with E-state index in [-0.39, 0.29) is 17.8 Å². The number of carbonyl (C=O) groups excluding carboxylic acids is 1. The predicted octanol–water partition coefficient (Wildman–Crippen LogP) is 5.84. The second-order valence-electron chi connectivity index (χ2n) is 10.7. The fourth-order valence-electron chi connectivity index (χ4n) is 6.85. The second-order valence-corrected chi connectivity index (χ2v) is 11.7. The maximum atomic E-state index is 14.2. The Labute approximate surface area is 196 Å². The van der Waals surface area contributed by atoms with E-state index in [2.05, 4.69) is 49.9 Å². The molecule has 0 spiro atoms. The van der Waals surface area contributed by atoms with Crippen LogP contribution in [0.25, 0.3) is 10.2 Å². The van der Waals surface area contributed by atoms with Crippen molar-refractivity contribution in [3.8, 4) is 0 Å². The quantitative estimate of drug-likeness (QED) is 0.542. The molecule has 4 saturated carbocycles. The number of rotatable bonds is 6. The van der Waals surface area contributed by atoms with Gasteiger partial charge in [0.25, 0.3) is 0 Å². The first-order valence-electron chi connectivity index (χ1n) is 11.7. The highest BCUT2D eigenvalue weighted by Crippen LogP contribution is 2.60. The van der Waals surface area contributed by atoms with Gasteiger partial charge in [0.2, 0.25) is 5.91 Å². The molecule has 0 N–H and O–H groups in total. The molecule has 0 atom stereocenters. The molecule has 4 nitrogen and oxygen atoms in total. The number of aromatic nitrogens is 1. The number of fused-ring (bicyclic) bond motifs is 1. The molecule has 1 aromatic carbocycles. The average Bonchev–Trinajstić information content (AvgIpc) is 3.13. The maximum absolute atomic E-state index is 14.2. The highest BCUT2D eigenvalue weighted by molar-refractivity contribution is 7.22. The van der Waals surface area contributed by atoms with Crippen molar-refractivity contribution >= 4 is 45.0 Å². The van der Waals surface area contributed by atoms with Gasteiger partial charge in [0.1, 0.15) is 0 Å². The summed E-state index contributed by atoms with van der Waals surface area (Å²) in [6.45, 7) is 6.05. The third-order valence-corrected chi connectivity index (χ3v) is 9.10. The zero-order valence-electron chi connectivity index (χ0n) is 19.3. The highest BCUT2D eigenvalue weighted by atomic mass is 35.5. The van der Waals surface area contributed by atoms with Gasteiger partial charge in [-0.2, -0.15) is 0 Å². The van der Waals surface area contributed by atoms with Crippen LogP contribution in [0.1, 0.15) is 56.1 Å². The molecule has 6 heteroatoms. The lowest BCUT2D eigenvalue weighted by molar-refractivity contribution is -0.143. The molecule has 31 heavy (non-hydrogen) atoms. The smallest absolute Gasteiger partial charge is 0.235 e. The van der Waals surface area contributed by atoms with E-state index >= 15 is 0 Å². The zero-order valence-corrected chi connectivity index (χ0v) is 21.0. The van der Waals surface area contributed by atoms with E-state index in [1.165, 1.54) is 35.1 Å². The largest absolute Gasteiger partial charge is 0.309 e. The highest BCUT2D eigenvalue weighted by Gasteiger charge is 2.55. The first-order chi connectivity index (χ1) is 14.3. The maximum Gasteiger partial charge on any atom is 0.235 e. The summed E-state index contributed by atoms with van der Waals surface area (Å²) in [5.41, 5.74) is 3.42. The number of nitrogens with zero attached hydrogens (tertiary/aromatic N) is 3. The lowest BCUT2D eigenvalue weighted by atomic mass is 9.49. The number of hydrogen-bond acceptors (Lipinski definition) is 4. The van der Waals surface area contributed by atoms with Crippen LogP contribution >= 0.6 is 23.7 Å². The van der Waals surface area contributed by atoms with Gasteiger partial charge in [-0.3, -0.25) is 9.69 Å². The minimum absolute atomic E-state index is 0. The van der Waals surface area contributed by atoms with Crippen LogP contribution in [0.15, 0.2) is 12.1 Å². The molecular weight excluding hydrogens is 426 g/mol. The number of benzene rings is 1. The van der Waals surface area contributed by atoms with Crippen molar-refractivity contribution in [2.45, 2.75) is 58.8 Å². The van der Waals surface area contributed by atoms with E-state index in [4.69, 9.17) is 4.98 Å². The third-order valence-electron chi connectivity index (χ3n) is 7.89. The van der Waals surface area contributed by atoms with Crippen LogP contribution in [0.2, 0.25) is 0 Å². The molecule has 0 radical (unpaired) electrons. The van der Waals surface area contributed by atoms with E-state index in [9.17, 15) is 4.79 Å². The molecule has 0 unspecified atom stereocenters. The van der Waals surface area contributed by atoms with Crippen LogP contribution in [0.4, 0.5) is 5.13 Å². The van der Waals surface area contributed by atoms with Crippen LogP contribution in [0, 0.1) is 37.0 Å². The van der Waals surface area contributed by atoms with Gasteiger partial charge in [0.05, 0.1) is 15.6 Å². The van der Waals surface area contributed by atoms with E-state index < -0.39 is 0 Å². The molecule has 4 fully saturated rings. The first-order valence-corrected chi connectivity index (χ1v) is 12.5. The first kappa shape index (κ1) is 23.0. The molecule has 1 amide bonds. The lowest BCUT2D eigenvalue weighted by Gasteiger charge is -2.56. The molecular formula is C25H36ClN3OS. The van der Waals surface area contributed by atoms with Crippen LogP contribution in [-0.2, 0) is 4.79 Å². The zero-order chi connectivity index (χ0) is 21.0. The second kappa shape index (κ2) is 8.64. The van der Waals surface area contributed by atoms with Crippen LogP contribution < -0.4 is 4.90 Å². The Morgan fingerprint density at radius 2 is 1.61 bits per heavy atom. The van der Waals surface area contributed by atoms with E-state index in [0.29, 0.717) is 5.91 Å². The minimum Gasteiger partial charge on any atom is -0.309 e. The van der Waals surface area contributed by atoms with Gasteiger partial charge in [-0.05, 0) is 108 Å². The number of aryl methyl sites for hydroxylation is 2. The number of amides is 1. The summed E-state index contributed by atoms with van der Waals surface area (Å²) in [4.78, 5) is 23.5. The number of carbonyl (C=O) groups is 1. The molecule has 1 heterocycles. The van der Waals surface area contributed by atoms with Gasteiger partial charge in [-0.25, -0.2) is 4.98 Å². The van der Waals surface area contributed by atoms with Gasteiger partial charge in [0, 0.05) is 6.54 Å². The number of halogens is 1. The van der Waals surface area contributed by atoms with E-state index in [1.807, 2.05) is 0 Å². The van der Waals surface area contributed by atoms with E-state index in [1.54, 1.807) is 11.3 Å². The van der Waals surface area contributed by atoms with Gasteiger partial charge in [-0.15, -0.1) is 12.4 Å². The number of anilines is 1. The van der Waals surface area contributed by atoms with Gasteiger partial charge in [-0.1, -0.05) is 23.5 Å². The third kappa shape index (κ3) is 4.14. The summed E-state index contributed by atoms with van der Waals surface area (Å²) in [5.74, 6) is 2.73. The fraction of sp³-hybridized carbons (Fsp3) is 0.680. The monoisotopic (exact) mass is 461 g/mol. The van der Waals surface area contributed by atoms with Crippen molar-refractivity contribution in [3.63, 3.8) is 0 Å². The number of thiazole rings is 1. The molecule has 1 aromatic heterocycles. The Bertz CT molecular complexity index is 895. The van der Waals surface area contributed by atoms with Gasteiger partial charge in [0.15, 0.2) is 5.13 Å². The van der Waals surface area contributed by atoms with Gasteiger partial charge < -0.3 is 4.90 Å². The summed E-state index contributed by atoms with van der Waals surface area (Å²) < 4.78 is 1.24. The minimum atomic E-state index is -0.116. The molecule has 170 valence electrons. The van der Waals surface area contributed by atoms with Crippen molar-refractivity contribution in [2.24, 2.45) is 23.2 Å². The van der Waals surface area contributed by atoms with Crippen LogP contribution in [0.3, 0.4) is 0 Å². The molecule has 2 aromatic rings.